The molecule has 2 aromatic rings. The highest BCUT2D eigenvalue weighted by atomic mass is 35.5. The van der Waals surface area contributed by atoms with Crippen molar-refractivity contribution in [2.75, 3.05) is 7.11 Å². The van der Waals surface area contributed by atoms with Gasteiger partial charge in [-0.2, -0.15) is 0 Å². The van der Waals surface area contributed by atoms with E-state index in [0.717, 1.165) is 9.79 Å². The Morgan fingerprint density at radius 1 is 1.16 bits per heavy atom. The molecule has 0 atom stereocenters. The lowest BCUT2D eigenvalue weighted by atomic mass is 10.2. The van der Waals surface area contributed by atoms with Crippen molar-refractivity contribution >= 4 is 29.3 Å². The quantitative estimate of drug-likeness (QED) is 0.870. The largest absolute Gasteiger partial charge is 0.506 e. The summed E-state index contributed by atoms with van der Waals surface area (Å²) in [5.74, 6) is -0.295. The Morgan fingerprint density at radius 2 is 1.79 bits per heavy atom. The fraction of sp³-hybridized carbons (Fsp3) is 0.0714. The number of hydrogen-bond acceptors (Lipinski definition) is 4. The van der Waals surface area contributed by atoms with Gasteiger partial charge in [-0.05, 0) is 42.5 Å². The average molecular weight is 295 g/mol. The van der Waals surface area contributed by atoms with E-state index in [0.29, 0.717) is 10.6 Å². The molecule has 0 heterocycles. The van der Waals surface area contributed by atoms with Crippen molar-refractivity contribution in [2.24, 2.45) is 0 Å². The van der Waals surface area contributed by atoms with Gasteiger partial charge in [-0.1, -0.05) is 23.4 Å². The molecule has 0 radical (unpaired) electrons. The van der Waals surface area contributed by atoms with E-state index in [1.807, 2.05) is 12.1 Å². The molecule has 0 saturated carbocycles. The van der Waals surface area contributed by atoms with Crippen molar-refractivity contribution in [3.63, 3.8) is 0 Å². The second-order valence-electron chi connectivity index (χ2n) is 3.73. The van der Waals surface area contributed by atoms with Crippen molar-refractivity contribution in [1.82, 2.24) is 0 Å². The van der Waals surface area contributed by atoms with Gasteiger partial charge in [0.05, 0.1) is 17.7 Å². The third-order valence-corrected chi connectivity index (χ3v) is 3.73. The minimum absolute atomic E-state index is 0.0621. The molecule has 1 N–H and O–H groups in total. The van der Waals surface area contributed by atoms with Crippen molar-refractivity contribution in [2.45, 2.75) is 9.79 Å². The number of halogens is 1. The Hall–Kier alpha value is -1.65. The number of ether oxygens (including phenoxy) is 1. The standard InChI is InChI=1S/C14H11ClO3S/c1-18-14(17)9-2-4-10(5-3-9)19-11-6-7-13(16)12(15)8-11/h2-8,16H,1H3. The lowest BCUT2D eigenvalue weighted by Crippen LogP contribution is -2.00. The summed E-state index contributed by atoms with van der Waals surface area (Å²) in [5, 5.41) is 9.66. The summed E-state index contributed by atoms with van der Waals surface area (Å²) in [6.07, 6.45) is 0. The molecule has 0 saturated heterocycles. The van der Waals surface area contributed by atoms with Crippen LogP contribution in [0, 0.1) is 0 Å². The number of benzene rings is 2. The average Bonchev–Trinajstić information content (AvgIpc) is 2.43. The maximum Gasteiger partial charge on any atom is 0.337 e. The Kier molecular flexibility index (Phi) is 4.35. The fourth-order valence-electron chi connectivity index (χ4n) is 1.46. The topological polar surface area (TPSA) is 46.5 Å². The monoisotopic (exact) mass is 294 g/mol. The summed E-state index contributed by atoms with van der Waals surface area (Å²) in [5.41, 5.74) is 0.510. The van der Waals surface area contributed by atoms with E-state index in [-0.39, 0.29) is 11.7 Å². The first-order valence-corrected chi connectivity index (χ1v) is 6.64. The van der Waals surface area contributed by atoms with Gasteiger partial charge in [0.1, 0.15) is 5.75 Å². The summed E-state index contributed by atoms with van der Waals surface area (Å²) in [6, 6.07) is 12.1. The van der Waals surface area contributed by atoms with E-state index in [2.05, 4.69) is 4.74 Å². The molecule has 0 aliphatic rings. The highest BCUT2D eigenvalue weighted by molar-refractivity contribution is 7.99. The molecule has 0 bridgehead atoms. The van der Waals surface area contributed by atoms with Gasteiger partial charge in [-0.3, -0.25) is 0 Å². The molecule has 0 aliphatic carbocycles. The van der Waals surface area contributed by atoms with E-state index in [4.69, 9.17) is 11.6 Å². The smallest absolute Gasteiger partial charge is 0.337 e. The normalized spacial score (nSPS) is 10.2. The molecule has 2 aromatic carbocycles. The maximum atomic E-state index is 11.3. The maximum absolute atomic E-state index is 11.3. The van der Waals surface area contributed by atoms with E-state index in [1.54, 1.807) is 30.3 Å². The molecule has 0 amide bonds. The zero-order chi connectivity index (χ0) is 13.8. The minimum Gasteiger partial charge on any atom is -0.506 e. The number of phenolic OH excluding ortho intramolecular Hbond substituents is 1. The van der Waals surface area contributed by atoms with Gasteiger partial charge < -0.3 is 9.84 Å². The summed E-state index contributed by atoms with van der Waals surface area (Å²) in [4.78, 5) is 13.2. The number of esters is 1. The SMILES string of the molecule is COC(=O)c1ccc(Sc2ccc(O)c(Cl)c2)cc1. The van der Waals surface area contributed by atoms with Crippen LogP contribution in [0.4, 0.5) is 0 Å². The Morgan fingerprint density at radius 3 is 2.37 bits per heavy atom. The number of phenols is 1. The molecule has 0 spiro atoms. The minimum atomic E-state index is -0.357. The number of carbonyl (C=O) groups excluding carboxylic acids is 1. The zero-order valence-corrected chi connectivity index (χ0v) is 11.7. The number of hydrogen-bond donors (Lipinski definition) is 1. The van der Waals surface area contributed by atoms with Gasteiger partial charge in [0.15, 0.2) is 0 Å². The van der Waals surface area contributed by atoms with Crippen LogP contribution in [0.2, 0.25) is 5.02 Å². The molecule has 2 rings (SSSR count). The highest BCUT2D eigenvalue weighted by Crippen LogP contribution is 2.33. The number of methoxy groups -OCH3 is 1. The van der Waals surface area contributed by atoms with Gasteiger partial charge in [-0.25, -0.2) is 4.79 Å². The molecule has 5 heteroatoms. The van der Waals surface area contributed by atoms with Crippen LogP contribution in [0.5, 0.6) is 5.75 Å². The third-order valence-electron chi connectivity index (χ3n) is 2.43. The number of carbonyl (C=O) groups is 1. The molecule has 3 nitrogen and oxygen atoms in total. The van der Waals surface area contributed by atoms with Crippen LogP contribution in [0.15, 0.2) is 52.3 Å². The molecular formula is C14H11ClO3S. The van der Waals surface area contributed by atoms with Crippen molar-refractivity contribution in [1.29, 1.82) is 0 Å². The molecule has 0 fully saturated rings. The molecular weight excluding hydrogens is 284 g/mol. The van der Waals surface area contributed by atoms with Gasteiger partial charge in [0, 0.05) is 9.79 Å². The Labute approximate surface area is 120 Å². The first-order valence-electron chi connectivity index (χ1n) is 5.45. The molecule has 19 heavy (non-hydrogen) atoms. The summed E-state index contributed by atoms with van der Waals surface area (Å²) in [6.45, 7) is 0. The summed E-state index contributed by atoms with van der Waals surface area (Å²) < 4.78 is 4.63. The second kappa shape index (κ2) is 5.99. The van der Waals surface area contributed by atoms with Crippen molar-refractivity contribution in [3.05, 3.63) is 53.1 Å². The lowest BCUT2D eigenvalue weighted by Gasteiger charge is -2.04. The molecule has 98 valence electrons. The fourth-order valence-corrected chi connectivity index (χ4v) is 2.57. The Balaban J connectivity index is 2.15. The van der Waals surface area contributed by atoms with Crippen LogP contribution >= 0.6 is 23.4 Å². The van der Waals surface area contributed by atoms with Gasteiger partial charge in [0.25, 0.3) is 0 Å². The van der Waals surface area contributed by atoms with Gasteiger partial charge >= 0.3 is 5.97 Å². The van der Waals surface area contributed by atoms with E-state index >= 15 is 0 Å². The van der Waals surface area contributed by atoms with Crippen molar-refractivity contribution in [3.8, 4) is 5.75 Å². The molecule has 0 aliphatic heterocycles. The van der Waals surface area contributed by atoms with Crippen LogP contribution in [0.3, 0.4) is 0 Å². The predicted molar refractivity (Wildman–Crippen MR) is 75.0 cm³/mol. The van der Waals surface area contributed by atoms with E-state index < -0.39 is 0 Å². The van der Waals surface area contributed by atoms with Crippen molar-refractivity contribution < 1.29 is 14.6 Å². The first-order chi connectivity index (χ1) is 9.10. The lowest BCUT2D eigenvalue weighted by molar-refractivity contribution is 0.0600. The van der Waals surface area contributed by atoms with Crippen LogP contribution in [-0.4, -0.2) is 18.2 Å². The predicted octanol–water partition coefficient (Wildman–Crippen LogP) is 3.98. The number of rotatable bonds is 3. The summed E-state index contributed by atoms with van der Waals surface area (Å²) in [7, 11) is 1.35. The van der Waals surface area contributed by atoms with Gasteiger partial charge in [0.2, 0.25) is 0 Å². The van der Waals surface area contributed by atoms with Crippen LogP contribution in [-0.2, 0) is 4.74 Å². The molecule has 0 aromatic heterocycles. The van der Waals surface area contributed by atoms with Crippen LogP contribution < -0.4 is 0 Å². The molecule has 0 unspecified atom stereocenters. The van der Waals surface area contributed by atoms with Crippen LogP contribution in [0.1, 0.15) is 10.4 Å². The third kappa shape index (κ3) is 3.43. The second-order valence-corrected chi connectivity index (χ2v) is 5.29. The highest BCUT2D eigenvalue weighted by Gasteiger charge is 2.06. The van der Waals surface area contributed by atoms with Gasteiger partial charge in [-0.15, -0.1) is 0 Å². The first kappa shape index (κ1) is 13.8. The van der Waals surface area contributed by atoms with E-state index in [9.17, 15) is 9.90 Å². The Bertz CT molecular complexity index is 596. The summed E-state index contributed by atoms with van der Waals surface area (Å²) >= 11 is 7.33. The van der Waals surface area contributed by atoms with Crippen LogP contribution in [0.25, 0.3) is 0 Å². The zero-order valence-electron chi connectivity index (χ0n) is 10.1. The van der Waals surface area contributed by atoms with E-state index in [1.165, 1.54) is 18.9 Å². The number of aromatic hydroxyl groups is 1.